The van der Waals surface area contributed by atoms with Gasteiger partial charge in [0.15, 0.2) is 0 Å². The van der Waals surface area contributed by atoms with E-state index in [1.165, 1.54) is 12.1 Å². The largest absolute Gasteiger partial charge is 0.378 e. The molecule has 1 aromatic carbocycles. The number of hydrogen-bond acceptors (Lipinski definition) is 5. The highest BCUT2D eigenvalue weighted by Crippen LogP contribution is 2.19. The van der Waals surface area contributed by atoms with Crippen molar-refractivity contribution >= 4 is 11.7 Å². The van der Waals surface area contributed by atoms with Crippen molar-refractivity contribution < 1.29 is 18.8 Å². The van der Waals surface area contributed by atoms with Crippen LogP contribution in [-0.4, -0.2) is 42.9 Å². The number of morpholine rings is 1. The SMILES string of the molecule is O=C1ON=C(c2ccc(F)cc2)C1=CN1CCOCC1. The van der Waals surface area contributed by atoms with E-state index < -0.39 is 5.97 Å². The van der Waals surface area contributed by atoms with Gasteiger partial charge in [-0.2, -0.15) is 0 Å². The zero-order chi connectivity index (χ0) is 13.9. The van der Waals surface area contributed by atoms with E-state index in [0.29, 0.717) is 43.2 Å². The zero-order valence-corrected chi connectivity index (χ0v) is 10.7. The normalized spacial score (nSPS) is 21.1. The fraction of sp³-hybridized carbons (Fsp3) is 0.286. The Hall–Kier alpha value is -2.21. The maximum Gasteiger partial charge on any atom is 0.369 e. The molecule has 0 spiro atoms. The summed E-state index contributed by atoms with van der Waals surface area (Å²) in [5, 5.41) is 3.78. The lowest BCUT2D eigenvalue weighted by molar-refractivity contribution is -0.137. The molecule has 104 valence electrons. The molecule has 0 amide bonds. The fourth-order valence-corrected chi connectivity index (χ4v) is 2.10. The van der Waals surface area contributed by atoms with Gasteiger partial charge in [0.05, 0.1) is 13.2 Å². The number of nitrogens with zero attached hydrogens (tertiary/aromatic N) is 2. The summed E-state index contributed by atoms with van der Waals surface area (Å²) in [6.45, 7) is 2.69. The standard InChI is InChI=1S/C14H13FN2O3/c15-11-3-1-10(2-4-11)13-12(14(18)20-16-13)9-17-5-7-19-8-6-17/h1-4,9H,5-8H2. The first-order chi connectivity index (χ1) is 9.74. The number of benzene rings is 1. The fourth-order valence-electron chi connectivity index (χ4n) is 2.10. The lowest BCUT2D eigenvalue weighted by Gasteiger charge is -2.25. The predicted molar refractivity (Wildman–Crippen MR) is 69.5 cm³/mol. The minimum absolute atomic E-state index is 0.335. The molecule has 5 nitrogen and oxygen atoms in total. The number of oxime groups is 1. The quantitative estimate of drug-likeness (QED) is 0.603. The molecule has 1 saturated heterocycles. The highest BCUT2D eigenvalue weighted by Gasteiger charge is 2.28. The van der Waals surface area contributed by atoms with Crippen LogP contribution in [0.3, 0.4) is 0 Å². The van der Waals surface area contributed by atoms with E-state index in [2.05, 4.69) is 5.16 Å². The van der Waals surface area contributed by atoms with Crippen molar-refractivity contribution in [3.05, 3.63) is 47.4 Å². The minimum Gasteiger partial charge on any atom is -0.378 e. The molecule has 0 N–H and O–H groups in total. The zero-order valence-electron chi connectivity index (χ0n) is 10.7. The number of carbonyl (C=O) groups excluding carboxylic acids is 1. The molecule has 2 aliphatic heterocycles. The lowest BCUT2D eigenvalue weighted by atomic mass is 10.0. The lowest BCUT2D eigenvalue weighted by Crippen LogP contribution is -2.33. The van der Waals surface area contributed by atoms with Crippen LogP contribution in [0.1, 0.15) is 5.56 Å². The molecule has 3 rings (SSSR count). The summed E-state index contributed by atoms with van der Waals surface area (Å²) in [4.78, 5) is 18.5. The van der Waals surface area contributed by atoms with Crippen molar-refractivity contribution in [3.63, 3.8) is 0 Å². The molecule has 0 unspecified atom stereocenters. The number of hydrogen-bond donors (Lipinski definition) is 0. The van der Waals surface area contributed by atoms with Gasteiger partial charge in [-0.1, -0.05) is 5.16 Å². The van der Waals surface area contributed by atoms with Crippen LogP contribution < -0.4 is 0 Å². The average molecular weight is 276 g/mol. The summed E-state index contributed by atoms with van der Waals surface area (Å²) < 4.78 is 18.2. The first-order valence-electron chi connectivity index (χ1n) is 6.33. The van der Waals surface area contributed by atoms with Crippen LogP contribution in [0.25, 0.3) is 0 Å². The summed E-state index contributed by atoms with van der Waals surface area (Å²) in [6, 6.07) is 5.80. The molecular formula is C14H13FN2O3. The average Bonchev–Trinajstić information content (AvgIpc) is 2.83. The second-order valence-electron chi connectivity index (χ2n) is 4.52. The number of rotatable bonds is 2. The first-order valence-corrected chi connectivity index (χ1v) is 6.33. The molecule has 0 aromatic heterocycles. The van der Waals surface area contributed by atoms with Crippen LogP contribution in [0, 0.1) is 5.82 Å². The minimum atomic E-state index is -0.490. The second kappa shape index (κ2) is 5.42. The molecule has 2 aliphatic rings. The van der Waals surface area contributed by atoms with Crippen LogP contribution in [0.15, 0.2) is 41.2 Å². The summed E-state index contributed by atoms with van der Waals surface area (Å²) in [7, 11) is 0. The highest BCUT2D eigenvalue weighted by molar-refractivity contribution is 6.28. The van der Waals surface area contributed by atoms with E-state index >= 15 is 0 Å². The highest BCUT2D eigenvalue weighted by atomic mass is 19.1. The summed E-state index contributed by atoms with van der Waals surface area (Å²) in [5.74, 6) is -0.825. The summed E-state index contributed by atoms with van der Waals surface area (Å²) in [5.41, 5.74) is 1.47. The van der Waals surface area contributed by atoms with E-state index in [4.69, 9.17) is 9.57 Å². The van der Waals surface area contributed by atoms with Gasteiger partial charge in [-0.3, -0.25) is 0 Å². The van der Waals surface area contributed by atoms with Crippen molar-refractivity contribution in [1.82, 2.24) is 4.90 Å². The molecule has 1 fully saturated rings. The topological polar surface area (TPSA) is 51.1 Å². The Bertz CT molecular complexity index is 575. The van der Waals surface area contributed by atoms with Gasteiger partial charge in [-0.25, -0.2) is 9.18 Å². The Balaban J connectivity index is 1.87. The van der Waals surface area contributed by atoms with Gasteiger partial charge in [0.1, 0.15) is 17.1 Å². The van der Waals surface area contributed by atoms with Gasteiger partial charge in [-0.15, -0.1) is 0 Å². The van der Waals surface area contributed by atoms with Gasteiger partial charge < -0.3 is 14.5 Å². The van der Waals surface area contributed by atoms with E-state index in [-0.39, 0.29) is 5.82 Å². The smallest absolute Gasteiger partial charge is 0.369 e. The number of carbonyl (C=O) groups is 1. The first kappa shape index (κ1) is 12.8. The van der Waals surface area contributed by atoms with E-state index in [9.17, 15) is 9.18 Å². The van der Waals surface area contributed by atoms with Crippen LogP contribution in [0.5, 0.6) is 0 Å². The van der Waals surface area contributed by atoms with Gasteiger partial charge >= 0.3 is 5.97 Å². The van der Waals surface area contributed by atoms with Crippen molar-refractivity contribution in [2.75, 3.05) is 26.3 Å². The third kappa shape index (κ3) is 2.55. The summed E-state index contributed by atoms with van der Waals surface area (Å²) in [6.07, 6.45) is 1.74. The molecule has 0 aliphatic carbocycles. The van der Waals surface area contributed by atoms with Crippen LogP contribution in [0.2, 0.25) is 0 Å². The molecule has 20 heavy (non-hydrogen) atoms. The monoisotopic (exact) mass is 276 g/mol. The molecule has 6 heteroatoms. The molecule has 0 atom stereocenters. The van der Waals surface area contributed by atoms with E-state index in [1.807, 2.05) is 4.90 Å². The maximum absolute atomic E-state index is 12.9. The van der Waals surface area contributed by atoms with Crippen LogP contribution >= 0.6 is 0 Å². The predicted octanol–water partition coefficient (Wildman–Crippen LogP) is 1.30. The Labute approximate surface area is 115 Å². The Morgan fingerprint density at radius 3 is 2.60 bits per heavy atom. The molecule has 2 heterocycles. The summed E-state index contributed by atoms with van der Waals surface area (Å²) >= 11 is 0. The number of ether oxygens (including phenoxy) is 1. The Kier molecular flexibility index (Phi) is 3.47. The van der Waals surface area contributed by atoms with Crippen molar-refractivity contribution in [1.29, 1.82) is 0 Å². The molecule has 0 saturated carbocycles. The Morgan fingerprint density at radius 1 is 1.20 bits per heavy atom. The third-order valence-corrected chi connectivity index (χ3v) is 3.17. The second-order valence-corrected chi connectivity index (χ2v) is 4.52. The van der Waals surface area contributed by atoms with Crippen LogP contribution in [-0.2, 0) is 14.4 Å². The molecule has 1 aromatic rings. The molecule has 0 bridgehead atoms. The molecular weight excluding hydrogens is 263 g/mol. The van der Waals surface area contributed by atoms with Crippen LogP contribution in [0.4, 0.5) is 4.39 Å². The van der Waals surface area contributed by atoms with Gasteiger partial charge in [-0.05, 0) is 24.3 Å². The van der Waals surface area contributed by atoms with Gasteiger partial charge in [0.2, 0.25) is 0 Å². The Morgan fingerprint density at radius 2 is 1.90 bits per heavy atom. The van der Waals surface area contributed by atoms with E-state index in [0.717, 1.165) is 0 Å². The van der Waals surface area contributed by atoms with Gasteiger partial charge in [0, 0.05) is 24.9 Å². The van der Waals surface area contributed by atoms with E-state index in [1.54, 1.807) is 18.3 Å². The van der Waals surface area contributed by atoms with Crippen molar-refractivity contribution in [2.45, 2.75) is 0 Å². The van der Waals surface area contributed by atoms with Crippen molar-refractivity contribution in [2.24, 2.45) is 5.16 Å². The maximum atomic E-state index is 12.9. The molecule has 0 radical (unpaired) electrons. The third-order valence-electron chi connectivity index (χ3n) is 3.17. The van der Waals surface area contributed by atoms with Gasteiger partial charge in [0.25, 0.3) is 0 Å². The van der Waals surface area contributed by atoms with Crippen molar-refractivity contribution in [3.8, 4) is 0 Å². The number of halogens is 1.